The summed E-state index contributed by atoms with van der Waals surface area (Å²) in [4.78, 5) is 36.7. The Balaban J connectivity index is 2.50. The first-order valence-electron chi connectivity index (χ1n) is 20.9. The summed E-state index contributed by atoms with van der Waals surface area (Å²) in [6, 6.07) is 0. The Hall–Kier alpha value is -4.13. The van der Waals surface area contributed by atoms with E-state index in [1.807, 2.05) is 18.2 Å². The predicted molar refractivity (Wildman–Crippen MR) is 229 cm³/mol. The summed E-state index contributed by atoms with van der Waals surface area (Å²) in [5.41, 5.74) is 0. The number of carboxylic acids is 1. The maximum absolute atomic E-state index is 12.7. The van der Waals surface area contributed by atoms with Crippen molar-refractivity contribution in [3.8, 4) is 0 Å². The first kappa shape index (κ1) is 51.9. The fourth-order valence-corrected chi connectivity index (χ4v) is 5.41. The van der Waals surface area contributed by atoms with Crippen LogP contribution in [0.1, 0.15) is 117 Å². The van der Waals surface area contributed by atoms with Gasteiger partial charge in [-0.05, 0) is 77.0 Å². The molecule has 0 aromatic carbocycles. The van der Waals surface area contributed by atoms with Gasteiger partial charge in [0, 0.05) is 6.42 Å². The van der Waals surface area contributed by atoms with Crippen LogP contribution < -0.4 is 0 Å². The van der Waals surface area contributed by atoms with E-state index in [1.54, 1.807) is 6.08 Å². The topological polar surface area (TPSA) is 169 Å². The highest BCUT2D eigenvalue weighted by atomic mass is 16.7. The predicted octanol–water partition coefficient (Wildman–Crippen LogP) is 8.64. The van der Waals surface area contributed by atoms with Crippen molar-refractivity contribution in [2.24, 2.45) is 0 Å². The number of aliphatic hydroxyl groups excluding tert-OH is 3. The zero-order valence-corrected chi connectivity index (χ0v) is 34.7. The first-order chi connectivity index (χ1) is 28.2. The molecule has 58 heavy (non-hydrogen) atoms. The molecule has 11 heteroatoms. The Kier molecular flexibility index (Phi) is 32.2. The van der Waals surface area contributed by atoms with E-state index in [1.165, 1.54) is 0 Å². The maximum Gasteiger partial charge on any atom is 0.335 e. The second kappa shape index (κ2) is 36.0. The summed E-state index contributed by atoms with van der Waals surface area (Å²) >= 11 is 0. The monoisotopic (exact) mass is 810 g/mol. The molecule has 0 amide bonds. The van der Waals surface area contributed by atoms with E-state index in [0.717, 1.165) is 77.0 Å². The van der Waals surface area contributed by atoms with Crippen LogP contribution in [-0.4, -0.2) is 88.4 Å². The minimum Gasteiger partial charge on any atom is -0.479 e. The highest BCUT2D eigenvalue weighted by Gasteiger charge is 2.47. The standard InChI is InChI=1S/C47H70O11/c1-3-5-7-9-11-13-15-17-19-20-22-24-26-28-30-32-34-36-41(49)57-39(38-56-47-44(52)42(50)43(51)45(58-47)46(53)54)37-55-40(48)35-33-31-29-27-25-23-21-18-16-14-12-10-8-6-4-2/h5-8,11-14,17-19,21-22,24-25,27,31,33,39,42-45,47,50-52H,3-4,9-10,15-16,20,23,26,28-30,32,34-38H2,1-2H3,(H,53,54)/b7-5-,8-6-,13-11-,14-12-,19-17-,21-18-,24-22-,27-25-,33-31-. The van der Waals surface area contributed by atoms with Gasteiger partial charge >= 0.3 is 17.9 Å². The summed E-state index contributed by atoms with van der Waals surface area (Å²) in [7, 11) is 0. The van der Waals surface area contributed by atoms with Crippen molar-refractivity contribution in [1.82, 2.24) is 0 Å². The lowest BCUT2D eigenvalue weighted by atomic mass is 9.99. The normalized spacial score (nSPS) is 21.2. The van der Waals surface area contributed by atoms with Gasteiger partial charge in [0.15, 0.2) is 18.5 Å². The number of aliphatic carboxylic acids is 1. The molecule has 1 saturated heterocycles. The summed E-state index contributed by atoms with van der Waals surface area (Å²) in [6.45, 7) is 3.44. The third-order valence-electron chi connectivity index (χ3n) is 8.65. The average molecular weight is 811 g/mol. The molecule has 6 atom stereocenters. The Bertz CT molecular complexity index is 1370. The van der Waals surface area contributed by atoms with Crippen LogP contribution in [0, 0.1) is 0 Å². The van der Waals surface area contributed by atoms with Gasteiger partial charge in [0.1, 0.15) is 24.9 Å². The smallest absolute Gasteiger partial charge is 0.335 e. The highest BCUT2D eigenvalue weighted by molar-refractivity contribution is 5.73. The van der Waals surface area contributed by atoms with Gasteiger partial charge in [0.25, 0.3) is 0 Å². The van der Waals surface area contributed by atoms with Crippen LogP contribution in [0.5, 0.6) is 0 Å². The summed E-state index contributed by atoms with van der Waals surface area (Å²) in [6.07, 6.45) is 40.2. The van der Waals surface area contributed by atoms with Crippen LogP contribution in [0.15, 0.2) is 109 Å². The molecule has 324 valence electrons. The second-order valence-electron chi connectivity index (χ2n) is 13.7. The molecule has 1 rings (SSSR count). The first-order valence-corrected chi connectivity index (χ1v) is 20.9. The van der Waals surface area contributed by atoms with Gasteiger partial charge in [-0.15, -0.1) is 0 Å². The van der Waals surface area contributed by atoms with E-state index in [2.05, 4.69) is 98.9 Å². The molecule has 0 saturated carbocycles. The third kappa shape index (κ3) is 27.5. The summed E-state index contributed by atoms with van der Waals surface area (Å²) in [5.74, 6) is -2.66. The van der Waals surface area contributed by atoms with Crippen molar-refractivity contribution in [2.75, 3.05) is 13.2 Å². The number of rotatable bonds is 32. The lowest BCUT2D eigenvalue weighted by Gasteiger charge is -2.38. The van der Waals surface area contributed by atoms with Crippen LogP contribution in [0.2, 0.25) is 0 Å². The molecule has 6 unspecified atom stereocenters. The molecule has 1 aliphatic rings. The van der Waals surface area contributed by atoms with Gasteiger partial charge in [-0.2, -0.15) is 0 Å². The van der Waals surface area contributed by atoms with Gasteiger partial charge in [-0.3, -0.25) is 9.59 Å². The summed E-state index contributed by atoms with van der Waals surface area (Å²) in [5, 5.41) is 39.7. The Morgan fingerprint density at radius 3 is 1.52 bits per heavy atom. The van der Waals surface area contributed by atoms with Crippen LogP contribution in [0.4, 0.5) is 0 Å². The second-order valence-corrected chi connectivity index (χ2v) is 13.7. The van der Waals surface area contributed by atoms with Crippen molar-refractivity contribution >= 4 is 17.9 Å². The van der Waals surface area contributed by atoms with Crippen LogP contribution in [-0.2, 0) is 33.3 Å². The van der Waals surface area contributed by atoms with E-state index in [9.17, 15) is 34.8 Å². The number of carbonyl (C=O) groups is 3. The molecule has 0 aromatic heterocycles. The zero-order chi connectivity index (χ0) is 42.5. The third-order valence-corrected chi connectivity index (χ3v) is 8.65. The zero-order valence-electron chi connectivity index (χ0n) is 34.7. The summed E-state index contributed by atoms with van der Waals surface area (Å²) < 4.78 is 21.5. The van der Waals surface area contributed by atoms with E-state index >= 15 is 0 Å². The molecule has 0 aromatic rings. The SMILES string of the molecule is CC/C=C\C/C=C\C/C=C\C/C=C\C/C=C\CC(=O)OCC(COC1OC(C(=O)O)C(O)C(O)C1O)OC(=O)CCCCCC/C=C\C/C=C\C/C=C\C/C=C\CC. The molecule has 1 fully saturated rings. The van der Waals surface area contributed by atoms with Crippen LogP contribution in [0.3, 0.4) is 0 Å². The van der Waals surface area contributed by atoms with E-state index < -0.39 is 61.3 Å². The number of esters is 2. The number of carbonyl (C=O) groups excluding carboxylic acids is 2. The molecule has 1 aliphatic heterocycles. The van der Waals surface area contributed by atoms with Gasteiger partial charge in [-0.25, -0.2) is 4.79 Å². The molecule has 0 bridgehead atoms. The number of hydrogen-bond acceptors (Lipinski definition) is 10. The Labute approximate surface area is 346 Å². The molecule has 0 radical (unpaired) electrons. The van der Waals surface area contributed by atoms with Crippen molar-refractivity contribution in [3.63, 3.8) is 0 Å². The maximum atomic E-state index is 12.7. The molecule has 11 nitrogen and oxygen atoms in total. The average Bonchev–Trinajstić information content (AvgIpc) is 3.21. The fraction of sp³-hybridized carbons (Fsp3) is 0.553. The number of allylic oxidation sites excluding steroid dienone is 17. The minimum atomic E-state index is -1.88. The van der Waals surface area contributed by atoms with Crippen LogP contribution >= 0.6 is 0 Å². The van der Waals surface area contributed by atoms with Gasteiger partial charge in [0.05, 0.1) is 13.0 Å². The van der Waals surface area contributed by atoms with Crippen molar-refractivity contribution in [1.29, 1.82) is 0 Å². The van der Waals surface area contributed by atoms with Gasteiger partial charge < -0.3 is 39.4 Å². The molecule has 1 heterocycles. The van der Waals surface area contributed by atoms with Gasteiger partial charge in [-0.1, -0.05) is 136 Å². The molecule has 0 aliphatic carbocycles. The van der Waals surface area contributed by atoms with E-state index in [4.69, 9.17) is 18.9 Å². The van der Waals surface area contributed by atoms with Crippen molar-refractivity contribution < 1.29 is 53.8 Å². The Morgan fingerprint density at radius 2 is 1.02 bits per heavy atom. The molecular weight excluding hydrogens is 741 g/mol. The van der Waals surface area contributed by atoms with Crippen molar-refractivity contribution in [2.45, 2.75) is 153 Å². The molecule has 0 spiro atoms. The van der Waals surface area contributed by atoms with Gasteiger partial charge in [0.2, 0.25) is 0 Å². The number of carboxylic acid groups (broad SMARTS) is 1. The van der Waals surface area contributed by atoms with Crippen molar-refractivity contribution in [3.05, 3.63) is 109 Å². The number of unbranched alkanes of at least 4 members (excludes halogenated alkanes) is 4. The van der Waals surface area contributed by atoms with Crippen LogP contribution in [0.25, 0.3) is 0 Å². The molecule has 4 N–H and O–H groups in total. The molecular formula is C47H70O11. The van der Waals surface area contributed by atoms with E-state index in [-0.39, 0.29) is 19.4 Å². The largest absolute Gasteiger partial charge is 0.479 e. The lowest BCUT2D eigenvalue weighted by molar-refractivity contribution is -0.298. The Morgan fingerprint density at radius 1 is 0.552 bits per heavy atom. The number of aliphatic hydroxyl groups is 3. The lowest BCUT2D eigenvalue weighted by Crippen LogP contribution is -2.60. The fourth-order valence-electron chi connectivity index (χ4n) is 5.41. The highest BCUT2D eigenvalue weighted by Crippen LogP contribution is 2.23. The number of ether oxygens (including phenoxy) is 4. The minimum absolute atomic E-state index is 0.00915. The number of hydrogen-bond donors (Lipinski definition) is 4. The van der Waals surface area contributed by atoms with E-state index in [0.29, 0.717) is 12.8 Å². The quantitative estimate of drug-likeness (QED) is 0.0292.